The van der Waals surface area contributed by atoms with Crippen molar-refractivity contribution in [1.82, 2.24) is 14.8 Å². The first-order valence-electron chi connectivity index (χ1n) is 9.43. The molecule has 0 radical (unpaired) electrons. The van der Waals surface area contributed by atoms with E-state index in [-0.39, 0.29) is 5.78 Å². The van der Waals surface area contributed by atoms with Crippen LogP contribution in [0.3, 0.4) is 0 Å². The molecule has 1 heterocycles. The molecule has 0 unspecified atom stereocenters. The SMILES string of the molecule is Cc1ccc(C(=O)CSc2nnc(-c3ccccc3)n2-c2ccccc2)c(C)c1. The van der Waals surface area contributed by atoms with E-state index in [1.165, 1.54) is 11.8 Å². The van der Waals surface area contributed by atoms with E-state index in [9.17, 15) is 4.79 Å². The summed E-state index contributed by atoms with van der Waals surface area (Å²) in [7, 11) is 0. The van der Waals surface area contributed by atoms with Crippen LogP contribution in [0.4, 0.5) is 0 Å². The molecule has 0 fully saturated rings. The minimum absolute atomic E-state index is 0.0939. The number of nitrogens with zero attached hydrogens (tertiary/aromatic N) is 3. The van der Waals surface area contributed by atoms with Gasteiger partial charge in [0.1, 0.15) is 0 Å². The van der Waals surface area contributed by atoms with Gasteiger partial charge in [-0.1, -0.05) is 84.1 Å². The van der Waals surface area contributed by atoms with Crippen molar-refractivity contribution >= 4 is 17.5 Å². The second-order valence-corrected chi connectivity index (χ2v) is 7.82. The molecule has 3 aromatic carbocycles. The van der Waals surface area contributed by atoms with Crippen LogP contribution in [0.25, 0.3) is 17.1 Å². The molecule has 0 aliphatic heterocycles. The highest BCUT2D eigenvalue weighted by Crippen LogP contribution is 2.28. The van der Waals surface area contributed by atoms with Crippen LogP contribution in [0.15, 0.2) is 84.0 Å². The third-order valence-corrected chi connectivity index (χ3v) is 5.62. The van der Waals surface area contributed by atoms with Crippen LogP contribution in [-0.4, -0.2) is 26.3 Å². The summed E-state index contributed by atoms with van der Waals surface area (Å²) in [5.41, 5.74) is 4.87. The molecule has 0 N–H and O–H groups in total. The number of Topliss-reactive ketones (excluding diaryl/α,β-unsaturated/α-hetero) is 1. The average Bonchev–Trinajstić information content (AvgIpc) is 3.17. The van der Waals surface area contributed by atoms with Gasteiger partial charge in [0.25, 0.3) is 0 Å². The summed E-state index contributed by atoms with van der Waals surface area (Å²) in [6, 6.07) is 25.9. The van der Waals surface area contributed by atoms with Gasteiger partial charge in [-0.25, -0.2) is 0 Å². The lowest BCUT2D eigenvalue weighted by molar-refractivity contribution is 0.102. The number of hydrogen-bond acceptors (Lipinski definition) is 4. The minimum Gasteiger partial charge on any atom is -0.293 e. The van der Waals surface area contributed by atoms with E-state index in [0.717, 1.165) is 33.8 Å². The Kier molecular flexibility index (Phi) is 5.58. The van der Waals surface area contributed by atoms with E-state index < -0.39 is 0 Å². The molecule has 0 bridgehead atoms. The first kappa shape index (κ1) is 19.2. The fourth-order valence-electron chi connectivity index (χ4n) is 3.28. The quantitative estimate of drug-likeness (QED) is 0.316. The number of thioether (sulfide) groups is 1. The Morgan fingerprint density at radius 3 is 2.28 bits per heavy atom. The summed E-state index contributed by atoms with van der Waals surface area (Å²) < 4.78 is 2.01. The Balaban J connectivity index is 1.66. The highest BCUT2D eigenvalue weighted by atomic mass is 32.2. The normalized spacial score (nSPS) is 10.8. The van der Waals surface area contributed by atoms with Gasteiger partial charge in [-0.2, -0.15) is 0 Å². The number of benzene rings is 3. The van der Waals surface area contributed by atoms with Crippen molar-refractivity contribution in [2.45, 2.75) is 19.0 Å². The third-order valence-electron chi connectivity index (χ3n) is 4.69. The van der Waals surface area contributed by atoms with Crippen LogP contribution < -0.4 is 0 Å². The Bertz CT molecular complexity index is 1140. The van der Waals surface area contributed by atoms with Crippen molar-refractivity contribution in [3.8, 4) is 17.1 Å². The van der Waals surface area contributed by atoms with Gasteiger partial charge in [-0.05, 0) is 31.5 Å². The number of aromatic nitrogens is 3. The number of rotatable bonds is 6. The summed E-state index contributed by atoms with van der Waals surface area (Å²) >= 11 is 1.41. The second kappa shape index (κ2) is 8.45. The van der Waals surface area contributed by atoms with E-state index in [4.69, 9.17) is 0 Å². The zero-order chi connectivity index (χ0) is 20.2. The maximum Gasteiger partial charge on any atom is 0.196 e. The minimum atomic E-state index is 0.0939. The smallest absolute Gasteiger partial charge is 0.196 e. The molecular formula is C24H21N3OS. The third kappa shape index (κ3) is 4.15. The van der Waals surface area contributed by atoms with E-state index in [0.29, 0.717) is 10.9 Å². The Morgan fingerprint density at radius 1 is 0.897 bits per heavy atom. The van der Waals surface area contributed by atoms with Gasteiger partial charge in [-0.3, -0.25) is 9.36 Å². The number of carbonyl (C=O) groups excluding carboxylic acids is 1. The van der Waals surface area contributed by atoms with Crippen LogP contribution in [-0.2, 0) is 0 Å². The lowest BCUT2D eigenvalue weighted by atomic mass is 10.0. The topological polar surface area (TPSA) is 47.8 Å². The van der Waals surface area contributed by atoms with Crippen molar-refractivity contribution in [3.63, 3.8) is 0 Å². The van der Waals surface area contributed by atoms with Gasteiger partial charge in [0.15, 0.2) is 16.8 Å². The summed E-state index contributed by atoms with van der Waals surface area (Å²) in [5.74, 6) is 1.17. The van der Waals surface area contributed by atoms with Crippen LogP contribution in [0.1, 0.15) is 21.5 Å². The average molecular weight is 400 g/mol. The molecule has 5 heteroatoms. The Morgan fingerprint density at radius 2 is 1.59 bits per heavy atom. The van der Waals surface area contributed by atoms with Gasteiger partial charge < -0.3 is 0 Å². The molecule has 0 spiro atoms. The molecule has 4 aromatic rings. The summed E-state index contributed by atoms with van der Waals surface area (Å²) in [4.78, 5) is 12.8. The van der Waals surface area contributed by atoms with Crippen LogP contribution >= 0.6 is 11.8 Å². The molecule has 0 atom stereocenters. The maximum atomic E-state index is 12.8. The standard InChI is InChI=1S/C24H21N3OS/c1-17-13-14-21(18(2)15-17)22(28)16-29-24-26-25-23(19-9-5-3-6-10-19)27(24)20-11-7-4-8-12-20/h3-15H,16H2,1-2H3. The molecule has 0 saturated carbocycles. The van der Waals surface area contributed by atoms with Crippen LogP contribution in [0.2, 0.25) is 0 Å². The van der Waals surface area contributed by atoms with Crippen molar-refractivity contribution in [2.75, 3.05) is 5.75 Å². The van der Waals surface area contributed by atoms with Gasteiger partial charge in [0, 0.05) is 16.8 Å². The largest absolute Gasteiger partial charge is 0.293 e. The lowest BCUT2D eigenvalue weighted by Gasteiger charge is -2.10. The molecule has 144 valence electrons. The van der Waals surface area contributed by atoms with Crippen molar-refractivity contribution in [2.24, 2.45) is 0 Å². The van der Waals surface area contributed by atoms with Gasteiger partial charge in [-0.15, -0.1) is 10.2 Å². The maximum absolute atomic E-state index is 12.8. The molecule has 0 aliphatic carbocycles. The number of ketones is 1. The first-order chi connectivity index (χ1) is 14.1. The summed E-state index contributed by atoms with van der Waals surface area (Å²) in [5, 5.41) is 9.52. The summed E-state index contributed by atoms with van der Waals surface area (Å²) in [6.45, 7) is 4.01. The van der Waals surface area contributed by atoms with Gasteiger partial charge in [0.05, 0.1) is 5.75 Å². The van der Waals surface area contributed by atoms with Crippen molar-refractivity contribution < 1.29 is 4.79 Å². The second-order valence-electron chi connectivity index (χ2n) is 6.87. The van der Waals surface area contributed by atoms with E-state index in [2.05, 4.69) is 10.2 Å². The molecule has 4 nitrogen and oxygen atoms in total. The molecule has 4 rings (SSSR count). The Labute approximate surface area is 174 Å². The molecule has 0 amide bonds. The summed E-state index contributed by atoms with van der Waals surface area (Å²) in [6.07, 6.45) is 0. The number of aryl methyl sites for hydroxylation is 2. The lowest BCUT2D eigenvalue weighted by Crippen LogP contribution is -2.06. The van der Waals surface area contributed by atoms with Gasteiger partial charge in [0.2, 0.25) is 0 Å². The zero-order valence-electron chi connectivity index (χ0n) is 16.4. The highest BCUT2D eigenvalue weighted by molar-refractivity contribution is 7.99. The first-order valence-corrected chi connectivity index (χ1v) is 10.4. The number of para-hydroxylation sites is 1. The molecular weight excluding hydrogens is 378 g/mol. The Hall–Kier alpha value is -3.18. The molecule has 1 aromatic heterocycles. The predicted molar refractivity (Wildman–Crippen MR) is 118 cm³/mol. The van der Waals surface area contributed by atoms with Crippen molar-refractivity contribution in [1.29, 1.82) is 0 Å². The van der Waals surface area contributed by atoms with Gasteiger partial charge >= 0.3 is 0 Å². The zero-order valence-corrected chi connectivity index (χ0v) is 17.2. The monoisotopic (exact) mass is 399 g/mol. The number of carbonyl (C=O) groups is 1. The molecule has 29 heavy (non-hydrogen) atoms. The molecule has 0 saturated heterocycles. The highest BCUT2D eigenvalue weighted by Gasteiger charge is 2.18. The van der Waals surface area contributed by atoms with E-state index in [1.807, 2.05) is 97.3 Å². The van der Waals surface area contributed by atoms with Crippen molar-refractivity contribution in [3.05, 3.63) is 95.6 Å². The molecule has 0 aliphatic rings. The fourth-order valence-corrected chi connectivity index (χ4v) is 4.12. The number of hydrogen-bond donors (Lipinski definition) is 0. The predicted octanol–water partition coefficient (Wildman–Crippen LogP) is 5.53. The van der Waals surface area contributed by atoms with E-state index in [1.54, 1.807) is 0 Å². The van der Waals surface area contributed by atoms with Crippen LogP contribution in [0, 0.1) is 13.8 Å². The fraction of sp³-hybridized carbons (Fsp3) is 0.125. The van der Waals surface area contributed by atoms with E-state index >= 15 is 0 Å². The van der Waals surface area contributed by atoms with Crippen LogP contribution in [0.5, 0.6) is 0 Å².